The smallest absolute Gasteiger partial charge is 0.290 e. The van der Waals surface area contributed by atoms with E-state index in [2.05, 4.69) is 0 Å². The number of rotatable bonds is 6. The minimum absolute atomic E-state index is 0.0198. The van der Waals surface area contributed by atoms with Gasteiger partial charge in [-0.15, -0.1) is 0 Å². The quantitative estimate of drug-likeness (QED) is 0.611. The Morgan fingerprint density at radius 2 is 1.80 bits per heavy atom. The van der Waals surface area contributed by atoms with Crippen LogP contribution in [0.3, 0.4) is 0 Å². The third-order valence-electron chi connectivity index (χ3n) is 4.90. The molecule has 4 rings (SSSR count). The van der Waals surface area contributed by atoms with Crippen LogP contribution in [-0.2, 0) is 16.1 Å². The van der Waals surface area contributed by atoms with Crippen LogP contribution in [0, 0.1) is 5.82 Å². The zero-order chi connectivity index (χ0) is 21.1. The number of amides is 1. The molecule has 1 aliphatic heterocycles. The minimum Gasteiger partial charge on any atom is -0.503 e. The first-order valence-corrected chi connectivity index (χ1v) is 9.34. The lowest BCUT2D eigenvalue weighted by atomic mass is 9.95. The number of carbonyl (C=O) groups is 2. The summed E-state index contributed by atoms with van der Waals surface area (Å²) in [7, 11) is 0. The van der Waals surface area contributed by atoms with E-state index in [1.807, 2.05) is 30.3 Å². The number of allylic oxidation sites excluding steroid dienone is 1. The van der Waals surface area contributed by atoms with Gasteiger partial charge in [-0.3, -0.25) is 9.59 Å². The molecule has 3 aromatic rings. The molecule has 1 N–H and O–H groups in total. The Kier molecular flexibility index (Phi) is 5.30. The van der Waals surface area contributed by atoms with E-state index in [9.17, 15) is 19.1 Å². The second-order valence-electron chi connectivity index (χ2n) is 6.81. The fourth-order valence-electron chi connectivity index (χ4n) is 3.48. The summed E-state index contributed by atoms with van der Waals surface area (Å²) in [6.45, 7) is -0.0198. The highest BCUT2D eigenvalue weighted by Gasteiger charge is 2.44. The molecule has 150 valence electrons. The summed E-state index contributed by atoms with van der Waals surface area (Å²) in [6, 6.07) is 17.3. The number of furan rings is 1. The van der Waals surface area contributed by atoms with Gasteiger partial charge in [-0.25, -0.2) is 4.39 Å². The van der Waals surface area contributed by atoms with Crippen molar-refractivity contribution in [3.8, 4) is 0 Å². The summed E-state index contributed by atoms with van der Waals surface area (Å²) < 4.78 is 19.9. The van der Waals surface area contributed by atoms with Crippen LogP contribution in [0.5, 0.6) is 0 Å². The number of aliphatic hydroxyl groups excluding tert-OH is 1. The number of halogens is 1. The van der Waals surface area contributed by atoms with Gasteiger partial charge in [-0.05, 0) is 29.8 Å². The monoisotopic (exact) mass is 403 g/mol. The van der Waals surface area contributed by atoms with Gasteiger partial charge in [0.2, 0.25) is 0 Å². The average Bonchev–Trinajstić information content (AvgIpc) is 3.36. The van der Waals surface area contributed by atoms with Gasteiger partial charge >= 0.3 is 0 Å². The molecule has 0 spiro atoms. The van der Waals surface area contributed by atoms with Crippen molar-refractivity contribution in [3.63, 3.8) is 0 Å². The van der Waals surface area contributed by atoms with Crippen LogP contribution >= 0.6 is 0 Å². The third-order valence-corrected chi connectivity index (χ3v) is 4.90. The van der Waals surface area contributed by atoms with Crippen LogP contribution in [0.25, 0.3) is 6.08 Å². The summed E-state index contributed by atoms with van der Waals surface area (Å²) in [5.74, 6) is -2.13. The Labute approximate surface area is 172 Å². The van der Waals surface area contributed by atoms with E-state index in [1.165, 1.54) is 35.4 Å². The lowest BCUT2D eigenvalue weighted by molar-refractivity contribution is -0.130. The van der Waals surface area contributed by atoms with Crippen LogP contribution in [0.2, 0.25) is 0 Å². The third kappa shape index (κ3) is 3.67. The molecule has 6 heteroatoms. The van der Waals surface area contributed by atoms with E-state index in [0.29, 0.717) is 5.76 Å². The van der Waals surface area contributed by atoms with Crippen molar-refractivity contribution in [3.05, 3.63) is 113 Å². The molecule has 1 atom stereocenters. The Morgan fingerprint density at radius 3 is 2.50 bits per heavy atom. The number of hydrogen-bond donors (Lipinski definition) is 1. The maximum atomic E-state index is 14.6. The van der Waals surface area contributed by atoms with E-state index in [0.717, 1.165) is 5.56 Å². The van der Waals surface area contributed by atoms with Crippen molar-refractivity contribution >= 4 is 17.8 Å². The normalized spacial score (nSPS) is 16.6. The van der Waals surface area contributed by atoms with Crippen molar-refractivity contribution in [1.29, 1.82) is 0 Å². The molecule has 2 heterocycles. The van der Waals surface area contributed by atoms with E-state index in [-0.39, 0.29) is 17.7 Å². The molecule has 1 aromatic heterocycles. The van der Waals surface area contributed by atoms with Gasteiger partial charge in [0.05, 0.1) is 24.4 Å². The van der Waals surface area contributed by atoms with Gasteiger partial charge in [0.1, 0.15) is 11.6 Å². The summed E-state index contributed by atoms with van der Waals surface area (Å²) in [4.78, 5) is 27.0. The summed E-state index contributed by atoms with van der Waals surface area (Å²) in [5, 5.41) is 10.5. The van der Waals surface area contributed by atoms with E-state index >= 15 is 0 Å². The highest BCUT2D eigenvalue weighted by Crippen LogP contribution is 2.40. The minimum atomic E-state index is -1.07. The van der Waals surface area contributed by atoms with E-state index in [1.54, 1.807) is 24.3 Å². The summed E-state index contributed by atoms with van der Waals surface area (Å²) >= 11 is 0. The highest BCUT2D eigenvalue weighted by atomic mass is 19.1. The second-order valence-corrected chi connectivity index (χ2v) is 6.81. The predicted octanol–water partition coefficient (Wildman–Crippen LogP) is 4.60. The number of nitrogens with zero attached hydrogens (tertiary/aromatic N) is 1. The van der Waals surface area contributed by atoms with Crippen LogP contribution < -0.4 is 0 Å². The van der Waals surface area contributed by atoms with E-state index < -0.39 is 29.3 Å². The molecule has 1 aliphatic rings. The average molecular weight is 403 g/mol. The van der Waals surface area contributed by atoms with Gasteiger partial charge in [0.15, 0.2) is 11.5 Å². The molecule has 1 unspecified atom stereocenters. The highest BCUT2D eigenvalue weighted by molar-refractivity contribution is 6.14. The second kappa shape index (κ2) is 8.21. The molecule has 1 amide bonds. The van der Waals surface area contributed by atoms with Crippen molar-refractivity contribution in [2.45, 2.75) is 12.6 Å². The molecular weight excluding hydrogens is 385 g/mol. The van der Waals surface area contributed by atoms with E-state index in [4.69, 9.17) is 4.42 Å². The molecule has 0 fully saturated rings. The zero-order valence-corrected chi connectivity index (χ0v) is 15.9. The number of aliphatic hydroxyl groups is 1. The Balaban J connectivity index is 1.74. The molecule has 0 saturated heterocycles. The standard InChI is InChI=1S/C24H18FNO4/c25-19-11-5-4-10-18(19)22-21(20(27)13-12-16-7-2-1-3-8-16)23(28)24(29)26(22)15-17-9-6-14-30-17/h1-14,22,28H,15H2/b13-12+. The number of hydrogen-bond acceptors (Lipinski definition) is 4. The molecule has 0 aliphatic carbocycles. The topological polar surface area (TPSA) is 70.8 Å². The molecule has 0 radical (unpaired) electrons. The first-order chi connectivity index (χ1) is 14.6. The Morgan fingerprint density at radius 1 is 1.07 bits per heavy atom. The maximum absolute atomic E-state index is 14.6. The van der Waals surface area contributed by atoms with Crippen molar-refractivity contribution in [2.24, 2.45) is 0 Å². The summed E-state index contributed by atoms with van der Waals surface area (Å²) in [5.41, 5.74) is 0.743. The van der Waals surface area contributed by atoms with Gasteiger partial charge in [0.25, 0.3) is 5.91 Å². The van der Waals surface area contributed by atoms with Crippen LogP contribution in [0.4, 0.5) is 4.39 Å². The van der Waals surface area contributed by atoms with Gasteiger partial charge in [-0.2, -0.15) is 0 Å². The largest absolute Gasteiger partial charge is 0.503 e. The van der Waals surface area contributed by atoms with Crippen LogP contribution in [0.15, 0.2) is 94.8 Å². The molecule has 0 bridgehead atoms. The molecule has 30 heavy (non-hydrogen) atoms. The fraction of sp³-hybridized carbons (Fsp3) is 0.0833. The van der Waals surface area contributed by atoms with Crippen LogP contribution in [-0.4, -0.2) is 21.7 Å². The molecule has 0 saturated carbocycles. The molecule has 5 nitrogen and oxygen atoms in total. The lowest BCUT2D eigenvalue weighted by Gasteiger charge is -2.26. The maximum Gasteiger partial charge on any atom is 0.290 e. The fourth-order valence-corrected chi connectivity index (χ4v) is 3.48. The number of benzene rings is 2. The predicted molar refractivity (Wildman–Crippen MR) is 109 cm³/mol. The van der Waals surface area contributed by atoms with Crippen molar-refractivity contribution in [1.82, 2.24) is 4.90 Å². The number of carbonyl (C=O) groups excluding carboxylic acids is 2. The SMILES string of the molecule is O=C(/C=C/c1ccccc1)C1=C(O)C(=O)N(Cc2ccco2)C1c1ccccc1F. The van der Waals surface area contributed by atoms with Gasteiger partial charge in [-0.1, -0.05) is 54.6 Å². The first-order valence-electron chi connectivity index (χ1n) is 9.34. The summed E-state index contributed by atoms with van der Waals surface area (Å²) in [6.07, 6.45) is 4.31. The lowest BCUT2D eigenvalue weighted by Crippen LogP contribution is -2.31. The Hall–Kier alpha value is -3.93. The molecular formula is C24H18FNO4. The first kappa shape index (κ1) is 19.4. The van der Waals surface area contributed by atoms with Gasteiger partial charge < -0.3 is 14.4 Å². The van der Waals surface area contributed by atoms with Gasteiger partial charge in [0, 0.05) is 5.56 Å². The molecule has 2 aromatic carbocycles. The number of ketones is 1. The van der Waals surface area contributed by atoms with Crippen LogP contribution in [0.1, 0.15) is 22.9 Å². The van der Waals surface area contributed by atoms with Crippen molar-refractivity contribution < 1.29 is 23.5 Å². The Bertz CT molecular complexity index is 1130. The zero-order valence-electron chi connectivity index (χ0n) is 15.9. The van der Waals surface area contributed by atoms with Crippen molar-refractivity contribution in [2.75, 3.05) is 0 Å².